The largest absolute Gasteiger partial charge is 0.480 e. The van der Waals surface area contributed by atoms with Crippen molar-refractivity contribution in [2.75, 3.05) is 6.54 Å². The highest BCUT2D eigenvalue weighted by Gasteiger charge is 2.23. The molecule has 0 saturated heterocycles. The summed E-state index contributed by atoms with van der Waals surface area (Å²) in [6.07, 6.45) is 4.79. The lowest BCUT2D eigenvalue weighted by Gasteiger charge is -2.14. The Balaban J connectivity index is 2.70. The van der Waals surface area contributed by atoms with Crippen molar-refractivity contribution >= 4 is 5.97 Å². The number of rotatable bonds is 9. The molecular formula is C13H25N5O2. The first-order chi connectivity index (χ1) is 9.45. The quantitative estimate of drug-likeness (QED) is 0.583. The first-order valence-corrected chi connectivity index (χ1v) is 7.05. The summed E-state index contributed by atoms with van der Waals surface area (Å²) in [5.74, 6) is -0.631. The molecule has 1 aromatic heterocycles. The van der Waals surface area contributed by atoms with Crippen LogP contribution in [0.4, 0.5) is 0 Å². The zero-order valence-corrected chi connectivity index (χ0v) is 12.2. The minimum absolute atomic E-state index is 0.219. The van der Waals surface area contributed by atoms with Crippen molar-refractivity contribution in [3.8, 4) is 0 Å². The molecule has 1 aromatic rings. The van der Waals surface area contributed by atoms with E-state index in [1.165, 1.54) is 4.68 Å². The second-order valence-electron chi connectivity index (χ2n) is 5.50. The summed E-state index contributed by atoms with van der Waals surface area (Å²) in [4.78, 5) is 11.3. The van der Waals surface area contributed by atoms with Gasteiger partial charge < -0.3 is 16.6 Å². The molecule has 0 aliphatic heterocycles. The highest BCUT2D eigenvalue weighted by Crippen LogP contribution is 2.20. The minimum Gasteiger partial charge on any atom is -0.480 e. The van der Waals surface area contributed by atoms with Crippen molar-refractivity contribution in [1.82, 2.24) is 15.0 Å². The average Bonchev–Trinajstić information content (AvgIpc) is 2.85. The van der Waals surface area contributed by atoms with Gasteiger partial charge in [-0.15, -0.1) is 5.10 Å². The van der Waals surface area contributed by atoms with Crippen LogP contribution in [0.5, 0.6) is 0 Å². The van der Waals surface area contributed by atoms with E-state index in [9.17, 15) is 9.90 Å². The molecule has 7 nitrogen and oxygen atoms in total. The number of carboxylic acid groups (broad SMARTS) is 1. The summed E-state index contributed by atoms with van der Waals surface area (Å²) in [7, 11) is 0. The third-order valence-corrected chi connectivity index (χ3v) is 3.18. The van der Waals surface area contributed by atoms with Crippen LogP contribution in [0.2, 0.25) is 0 Å². The van der Waals surface area contributed by atoms with Gasteiger partial charge in [-0.05, 0) is 31.7 Å². The second-order valence-corrected chi connectivity index (χ2v) is 5.50. The summed E-state index contributed by atoms with van der Waals surface area (Å²) < 4.78 is 1.40. The zero-order chi connectivity index (χ0) is 15.1. The molecule has 0 aliphatic rings. The fourth-order valence-corrected chi connectivity index (χ4v) is 2.04. The normalized spacial score (nSPS) is 14.4. The number of nitrogens with two attached hydrogens (primary N) is 2. The van der Waals surface area contributed by atoms with Gasteiger partial charge in [0.05, 0.1) is 17.9 Å². The monoisotopic (exact) mass is 283 g/mol. The van der Waals surface area contributed by atoms with E-state index < -0.39 is 12.0 Å². The smallest absolute Gasteiger partial charge is 0.328 e. The van der Waals surface area contributed by atoms with Gasteiger partial charge in [0.25, 0.3) is 0 Å². The molecule has 2 atom stereocenters. The van der Waals surface area contributed by atoms with Crippen LogP contribution >= 0.6 is 0 Å². The van der Waals surface area contributed by atoms with Crippen molar-refractivity contribution in [3.63, 3.8) is 0 Å². The van der Waals surface area contributed by atoms with Crippen LogP contribution < -0.4 is 11.5 Å². The van der Waals surface area contributed by atoms with Crippen LogP contribution in [-0.2, 0) is 4.79 Å². The molecule has 0 aliphatic carbocycles. The molecule has 5 N–H and O–H groups in total. The van der Waals surface area contributed by atoms with Crippen LogP contribution in [0.3, 0.4) is 0 Å². The summed E-state index contributed by atoms with van der Waals surface area (Å²) in [5.41, 5.74) is 12.1. The molecule has 7 heteroatoms. The predicted octanol–water partition coefficient (Wildman–Crippen LogP) is 1.08. The number of nitrogens with zero attached hydrogens (tertiary/aromatic N) is 3. The molecule has 0 amide bonds. The molecule has 20 heavy (non-hydrogen) atoms. The molecule has 0 aromatic carbocycles. The molecule has 0 unspecified atom stereocenters. The van der Waals surface area contributed by atoms with Crippen LogP contribution in [0.25, 0.3) is 0 Å². The molecule has 1 heterocycles. The first kappa shape index (κ1) is 16.6. The number of hydrogen-bond donors (Lipinski definition) is 3. The van der Waals surface area contributed by atoms with E-state index in [1.54, 1.807) is 6.20 Å². The fraction of sp³-hybridized carbons (Fsp3) is 0.769. The lowest BCUT2D eigenvalue weighted by molar-refractivity contribution is -0.141. The maximum absolute atomic E-state index is 11.3. The number of carbonyl (C=O) groups is 1. The molecule has 0 fully saturated rings. The van der Waals surface area contributed by atoms with E-state index in [-0.39, 0.29) is 12.0 Å². The van der Waals surface area contributed by atoms with E-state index >= 15 is 0 Å². The third kappa shape index (κ3) is 4.90. The van der Waals surface area contributed by atoms with Gasteiger partial charge in [0.1, 0.15) is 0 Å². The van der Waals surface area contributed by atoms with E-state index in [1.807, 2.05) is 13.8 Å². The van der Waals surface area contributed by atoms with Gasteiger partial charge in [-0.2, -0.15) is 0 Å². The highest BCUT2D eigenvalue weighted by atomic mass is 16.4. The lowest BCUT2D eigenvalue weighted by atomic mass is 10.0. The Hall–Kier alpha value is -1.47. The van der Waals surface area contributed by atoms with Gasteiger partial charge in [-0.25, -0.2) is 9.48 Å². The molecule has 0 saturated carbocycles. The van der Waals surface area contributed by atoms with Crippen molar-refractivity contribution in [3.05, 3.63) is 11.9 Å². The summed E-state index contributed by atoms with van der Waals surface area (Å²) in [6, 6.07) is -0.906. The summed E-state index contributed by atoms with van der Waals surface area (Å²) in [5, 5.41) is 17.2. The van der Waals surface area contributed by atoms with E-state index in [0.29, 0.717) is 18.7 Å². The Morgan fingerprint density at radius 3 is 2.70 bits per heavy atom. The van der Waals surface area contributed by atoms with Gasteiger partial charge in [0.15, 0.2) is 6.04 Å². The maximum atomic E-state index is 11.3. The van der Waals surface area contributed by atoms with E-state index in [4.69, 9.17) is 11.5 Å². The van der Waals surface area contributed by atoms with Gasteiger partial charge in [0.2, 0.25) is 0 Å². The minimum atomic E-state index is -0.896. The Morgan fingerprint density at radius 1 is 1.45 bits per heavy atom. The molecular weight excluding hydrogens is 258 g/mol. The Morgan fingerprint density at radius 2 is 2.15 bits per heavy atom. The van der Waals surface area contributed by atoms with Crippen LogP contribution in [0, 0.1) is 5.92 Å². The number of hydrogen-bond acceptors (Lipinski definition) is 5. The van der Waals surface area contributed by atoms with Crippen LogP contribution in [0.15, 0.2) is 6.20 Å². The Kier molecular flexibility index (Phi) is 6.60. The van der Waals surface area contributed by atoms with Crippen molar-refractivity contribution in [1.29, 1.82) is 0 Å². The Labute approximate surface area is 119 Å². The molecule has 0 spiro atoms. The van der Waals surface area contributed by atoms with E-state index in [2.05, 4.69) is 10.3 Å². The van der Waals surface area contributed by atoms with Gasteiger partial charge >= 0.3 is 5.97 Å². The summed E-state index contributed by atoms with van der Waals surface area (Å²) >= 11 is 0. The van der Waals surface area contributed by atoms with Gasteiger partial charge in [-0.1, -0.05) is 25.5 Å². The van der Waals surface area contributed by atoms with Crippen molar-refractivity contribution in [2.24, 2.45) is 17.4 Å². The average molecular weight is 283 g/mol. The number of unbranched alkanes of at least 4 members (excludes halogenated alkanes) is 1. The lowest BCUT2D eigenvalue weighted by Crippen LogP contribution is -2.21. The Bertz CT molecular complexity index is 419. The highest BCUT2D eigenvalue weighted by molar-refractivity contribution is 5.71. The third-order valence-electron chi connectivity index (χ3n) is 3.18. The number of carboxylic acids is 1. The fourth-order valence-electron chi connectivity index (χ4n) is 2.04. The maximum Gasteiger partial charge on any atom is 0.328 e. The standard InChI is InChI=1S/C13H25N5O2/c1-9(2)7-12(13(19)20)18-8-11(16-17-18)10(15)5-3-4-6-14/h8-10,12H,3-7,14-15H2,1-2H3,(H,19,20)/t10-,12-/m0/s1. The molecule has 1 rings (SSSR count). The molecule has 0 bridgehead atoms. The van der Waals surface area contributed by atoms with Gasteiger partial charge in [0, 0.05) is 0 Å². The topological polar surface area (TPSA) is 120 Å². The van der Waals surface area contributed by atoms with Crippen molar-refractivity contribution < 1.29 is 9.90 Å². The SMILES string of the molecule is CC(C)C[C@@H](C(=O)O)n1cc([C@@H](N)CCCCN)nn1. The van der Waals surface area contributed by atoms with Gasteiger partial charge in [-0.3, -0.25) is 0 Å². The van der Waals surface area contributed by atoms with Crippen LogP contribution in [-0.4, -0.2) is 32.6 Å². The predicted molar refractivity (Wildman–Crippen MR) is 76.0 cm³/mol. The van der Waals surface area contributed by atoms with E-state index in [0.717, 1.165) is 19.3 Å². The number of aromatic nitrogens is 3. The van der Waals surface area contributed by atoms with Crippen molar-refractivity contribution in [2.45, 2.75) is 51.6 Å². The summed E-state index contributed by atoms with van der Waals surface area (Å²) in [6.45, 7) is 4.60. The first-order valence-electron chi connectivity index (χ1n) is 7.05. The molecule has 0 radical (unpaired) electrons. The second kappa shape index (κ2) is 7.96. The number of aliphatic carboxylic acids is 1. The zero-order valence-electron chi connectivity index (χ0n) is 12.2. The van der Waals surface area contributed by atoms with Crippen LogP contribution in [0.1, 0.15) is 57.3 Å². The molecule has 114 valence electrons.